The first-order chi connectivity index (χ1) is 9.06. The second-order valence-electron chi connectivity index (χ2n) is 4.48. The molecule has 0 bridgehead atoms. The van der Waals surface area contributed by atoms with Crippen LogP contribution in [-0.2, 0) is 6.42 Å². The molecule has 4 nitrogen and oxygen atoms in total. The van der Waals surface area contributed by atoms with Crippen LogP contribution in [0.2, 0.25) is 0 Å². The average molecular weight is 282 g/mol. The lowest BCUT2D eigenvalue weighted by Crippen LogP contribution is -2.33. The van der Waals surface area contributed by atoms with Gasteiger partial charge in [0, 0.05) is 12.5 Å². The first kappa shape index (κ1) is 13.7. The van der Waals surface area contributed by atoms with Gasteiger partial charge in [0.1, 0.15) is 11.5 Å². The Labute approximate surface area is 116 Å². The van der Waals surface area contributed by atoms with E-state index >= 15 is 0 Å². The fourth-order valence-corrected chi connectivity index (χ4v) is 1.88. The van der Waals surface area contributed by atoms with Crippen molar-refractivity contribution in [3.8, 4) is 0 Å². The molecular weight excluding hydrogens is 266 g/mol. The summed E-state index contributed by atoms with van der Waals surface area (Å²) in [6, 6.07) is 7.00. The van der Waals surface area contributed by atoms with Crippen molar-refractivity contribution in [2.45, 2.75) is 31.7 Å². The summed E-state index contributed by atoms with van der Waals surface area (Å²) in [6.07, 6.45) is 2.25. The monoisotopic (exact) mass is 281 g/mol. The Bertz CT molecular complexity index is 531. The number of furan rings is 2. The van der Waals surface area contributed by atoms with E-state index in [1.54, 1.807) is 25.3 Å². The van der Waals surface area contributed by atoms with Crippen LogP contribution in [-0.4, -0.2) is 11.9 Å². The Hall–Kier alpha value is -1.68. The molecule has 0 saturated heterocycles. The van der Waals surface area contributed by atoms with Crippen LogP contribution in [0.1, 0.15) is 41.3 Å². The van der Waals surface area contributed by atoms with Gasteiger partial charge in [-0.25, -0.2) is 0 Å². The lowest BCUT2D eigenvalue weighted by molar-refractivity contribution is 0.0909. The van der Waals surface area contributed by atoms with Gasteiger partial charge in [0.2, 0.25) is 0 Å². The zero-order valence-corrected chi connectivity index (χ0v) is 11.6. The molecule has 0 spiro atoms. The molecule has 2 unspecified atom stereocenters. The summed E-state index contributed by atoms with van der Waals surface area (Å²) in [5, 5.41) is 2.60. The fraction of sp³-hybridized carbons (Fsp3) is 0.357. The Morgan fingerprint density at radius 3 is 2.74 bits per heavy atom. The molecule has 2 heterocycles. The highest BCUT2D eigenvalue weighted by Gasteiger charge is 2.16. The molecule has 2 aromatic rings. The molecule has 0 radical (unpaired) electrons. The summed E-state index contributed by atoms with van der Waals surface area (Å²) in [7, 11) is 0. The van der Waals surface area contributed by atoms with Crippen LogP contribution < -0.4 is 5.32 Å². The molecule has 0 aliphatic rings. The van der Waals surface area contributed by atoms with Gasteiger partial charge >= 0.3 is 0 Å². The maximum Gasteiger partial charge on any atom is 0.287 e. The molecule has 2 atom stereocenters. The van der Waals surface area contributed by atoms with Crippen LogP contribution in [0.25, 0.3) is 0 Å². The molecule has 2 aromatic heterocycles. The van der Waals surface area contributed by atoms with Gasteiger partial charge in [-0.15, -0.1) is 11.6 Å². The van der Waals surface area contributed by atoms with Crippen LogP contribution in [0, 0.1) is 0 Å². The van der Waals surface area contributed by atoms with Gasteiger partial charge in [-0.05, 0) is 38.1 Å². The van der Waals surface area contributed by atoms with Crippen LogP contribution in [0.15, 0.2) is 39.4 Å². The van der Waals surface area contributed by atoms with Gasteiger partial charge in [-0.1, -0.05) is 0 Å². The predicted octanol–water partition coefficient (Wildman–Crippen LogP) is 3.53. The molecule has 2 rings (SSSR count). The highest BCUT2D eigenvalue weighted by Crippen LogP contribution is 2.21. The van der Waals surface area contributed by atoms with E-state index in [0.29, 0.717) is 12.2 Å². The summed E-state index contributed by atoms with van der Waals surface area (Å²) in [6.45, 7) is 3.70. The van der Waals surface area contributed by atoms with Gasteiger partial charge in [0.05, 0.1) is 11.6 Å². The average Bonchev–Trinajstić information content (AvgIpc) is 2.98. The topological polar surface area (TPSA) is 55.4 Å². The number of hydrogen-bond acceptors (Lipinski definition) is 3. The third-order valence-electron chi connectivity index (χ3n) is 2.71. The zero-order chi connectivity index (χ0) is 13.8. The van der Waals surface area contributed by atoms with Gasteiger partial charge in [-0.2, -0.15) is 0 Å². The van der Waals surface area contributed by atoms with Crippen molar-refractivity contribution in [1.29, 1.82) is 0 Å². The number of carbonyl (C=O) groups is 1. The largest absolute Gasteiger partial charge is 0.469 e. The molecule has 1 N–H and O–H groups in total. The molecular formula is C14H16ClNO3. The summed E-state index contributed by atoms with van der Waals surface area (Å²) in [5.41, 5.74) is 0. The summed E-state index contributed by atoms with van der Waals surface area (Å²) in [4.78, 5) is 11.9. The van der Waals surface area contributed by atoms with Crippen LogP contribution >= 0.6 is 11.6 Å². The highest BCUT2D eigenvalue weighted by molar-refractivity contribution is 6.20. The molecule has 0 saturated carbocycles. The van der Waals surface area contributed by atoms with Crippen LogP contribution in [0.5, 0.6) is 0 Å². The quantitative estimate of drug-likeness (QED) is 0.853. The van der Waals surface area contributed by atoms with Gasteiger partial charge in [0.25, 0.3) is 5.91 Å². The predicted molar refractivity (Wildman–Crippen MR) is 72.3 cm³/mol. The molecule has 102 valence electrons. The van der Waals surface area contributed by atoms with E-state index < -0.39 is 0 Å². The summed E-state index contributed by atoms with van der Waals surface area (Å²) in [5.74, 6) is 1.45. The third-order valence-corrected chi connectivity index (χ3v) is 2.92. The number of rotatable bonds is 5. The van der Waals surface area contributed by atoms with Crippen LogP contribution in [0.3, 0.4) is 0 Å². The van der Waals surface area contributed by atoms with Crippen molar-refractivity contribution >= 4 is 17.5 Å². The number of carbonyl (C=O) groups excluding carboxylic acids is 1. The zero-order valence-electron chi connectivity index (χ0n) is 10.9. The van der Waals surface area contributed by atoms with E-state index in [1.165, 1.54) is 0 Å². The van der Waals surface area contributed by atoms with E-state index in [4.69, 9.17) is 20.4 Å². The fourth-order valence-electron chi connectivity index (χ4n) is 1.77. The number of halogens is 1. The number of amides is 1. The SMILES string of the molecule is CC(Cc1ccco1)NC(=O)c1ccc(C(C)Cl)o1. The van der Waals surface area contributed by atoms with E-state index in [-0.39, 0.29) is 23.1 Å². The normalized spacial score (nSPS) is 14.1. The molecule has 1 amide bonds. The van der Waals surface area contributed by atoms with Crippen molar-refractivity contribution in [3.05, 3.63) is 47.8 Å². The Morgan fingerprint density at radius 1 is 1.37 bits per heavy atom. The first-order valence-electron chi connectivity index (χ1n) is 6.13. The van der Waals surface area contributed by atoms with Crippen molar-refractivity contribution in [2.24, 2.45) is 0 Å². The Balaban J connectivity index is 1.92. The lowest BCUT2D eigenvalue weighted by atomic mass is 10.2. The second-order valence-corrected chi connectivity index (χ2v) is 5.13. The lowest BCUT2D eigenvalue weighted by Gasteiger charge is -2.11. The Morgan fingerprint density at radius 2 is 2.16 bits per heavy atom. The third kappa shape index (κ3) is 3.64. The summed E-state index contributed by atoms with van der Waals surface area (Å²) < 4.78 is 10.6. The number of alkyl halides is 1. The highest BCUT2D eigenvalue weighted by atomic mass is 35.5. The van der Waals surface area contributed by atoms with Crippen LogP contribution in [0.4, 0.5) is 0 Å². The Kier molecular flexibility index (Phi) is 4.32. The number of hydrogen-bond donors (Lipinski definition) is 1. The van der Waals surface area contributed by atoms with Gasteiger partial charge in [0.15, 0.2) is 5.76 Å². The van der Waals surface area contributed by atoms with E-state index in [1.807, 2.05) is 19.1 Å². The molecule has 0 aromatic carbocycles. The first-order valence-corrected chi connectivity index (χ1v) is 6.57. The molecule has 5 heteroatoms. The van der Waals surface area contributed by atoms with E-state index in [2.05, 4.69) is 5.32 Å². The molecule has 0 aliphatic heterocycles. The molecule has 19 heavy (non-hydrogen) atoms. The second kappa shape index (κ2) is 5.97. The van der Waals surface area contributed by atoms with Crippen molar-refractivity contribution in [2.75, 3.05) is 0 Å². The molecule has 0 aliphatic carbocycles. The van der Waals surface area contributed by atoms with E-state index in [9.17, 15) is 4.79 Å². The maximum absolute atomic E-state index is 11.9. The van der Waals surface area contributed by atoms with Crippen molar-refractivity contribution in [3.63, 3.8) is 0 Å². The maximum atomic E-state index is 11.9. The molecule has 0 fully saturated rings. The summed E-state index contributed by atoms with van der Waals surface area (Å²) >= 11 is 5.88. The minimum Gasteiger partial charge on any atom is -0.469 e. The minimum atomic E-state index is -0.248. The standard InChI is InChI=1S/C14H16ClNO3/c1-9(8-11-4-3-7-18-11)16-14(17)13-6-5-12(19-13)10(2)15/h3-7,9-10H,8H2,1-2H3,(H,16,17). The number of nitrogens with one attached hydrogen (secondary N) is 1. The van der Waals surface area contributed by atoms with Gasteiger partial charge < -0.3 is 14.2 Å². The van der Waals surface area contributed by atoms with E-state index in [0.717, 1.165) is 5.76 Å². The minimum absolute atomic E-state index is 0.0411. The smallest absolute Gasteiger partial charge is 0.287 e. The van der Waals surface area contributed by atoms with Gasteiger partial charge in [-0.3, -0.25) is 4.79 Å². The van der Waals surface area contributed by atoms with Crippen molar-refractivity contribution in [1.82, 2.24) is 5.32 Å². The van der Waals surface area contributed by atoms with Crippen molar-refractivity contribution < 1.29 is 13.6 Å².